The van der Waals surface area contributed by atoms with Gasteiger partial charge in [0.05, 0.1) is 6.34 Å². The Hall–Kier alpha value is -1.05. The minimum Gasteiger partial charge on any atom is -0.379 e. The van der Waals surface area contributed by atoms with Gasteiger partial charge in [0, 0.05) is 12.7 Å². The first kappa shape index (κ1) is 8.95. The maximum absolute atomic E-state index is 4.10. The Kier molecular flexibility index (Phi) is 5.44. The Balaban J connectivity index is 3.94. The molecule has 0 atom stereocenters. The van der Waals surface area contributed by atoms with Gasteiger partial charge in [-0.3, -0.25) is 0 Å². The van der Waals surface area contributed by atoms with Crippen LogP contribution in [0.4, 0.5) is 0 Å². The molecule has 0 unspecified atom stereocenters. The maximum Gasteiger partial charge on any atom is 0.0879 e. The van der Waals surface area contributed by atoms with Crippen molar-refractivity contribution in [1.82, 2.24) is 5.32 Å². The molecule has 0 saturated heterocycles. The molecule has 0 aliphatic carbocycles. The third-order valence-electron chi connectivity index (χ3n) is 1.03. The molecule has 0 amide bonds. The number of rotatable bonds is 4. The molecule has 0 bridgehead atoms. The molecule has 0 aromatic heterocycles. The Labute approximate surface area is 62.4 Å². The van der Waals surface area contributed by atoms with Crippen molar-refractivity contribution in [3.63, 3.8) is 0 Å². The van der Waals surface area contributed by atoms with Crippen LogP contribution in [0.3, 0.4) is 0 Å². The number of hydrogen-bond donors (Lipinski definition) is 1. The minimum absolute atomic E-state index is 0.935. The van der Waals surface area contributed by atoms with Gasteiger partial charge < -0.3 is 5.32 Å². The predicted octanol–water partition coefficient (Wildman–Crippen LogP) is 1.71. The van der Waals surface area contributed by atoms with Crippen molar-refractivity contribution in [3.8, 4) is 0 Å². The average Bonchev–Trinajstić information content (AvgIpc) is 1.98. The van der Waals surface area contributed by atoms with Crippen LogP contribution in [0.5, 0.6) is 0 Å². The van der Waals surface area contributed by atoms with E-state index < -0.39 is 0 Å². The normalized spacial score (nSPS) is 12.0. The first-order valence-corrected chi connectivity index (χ1v) is 3.36. The lowest BCUT2D eigenvalue weighted by molar-refractivity contribution is 1.06. The second-order valence-electron chi connectivity index (χ2n) is 1.79. The second kappa shape index (κ2) is 6.08. The standard InChI is InChI=1S/C8H14N2/c1-4-6-8(5-2)10-7-9-3/h4,6-7H,1,5H2,2-3H3,(H,9,10)/b8-6+. The SMILES string of the molecule is C=C/C=C(CC)/N=C\NC. The highest BCUT2D eigenvalue weighted by Crippen LogP contribution is 1.99. The number of nitrogens with zero attached hydrogens (tertiary/aromatic N) is 1. The largest absolute Gasteiger partial charge is 0.379 e. The van der Waals surface area contributed by atoms with E-state index in [0.29, 0.717) is 0 Å². The maximum atomic E-state index is 4.10. The van der Waals surface area contributed by atoms with Gasteiger partial charge in [-0.25, -0.2) is 4.99 Å². The molecule has 0 fully saturated rings. The van der Waals surface area contributed by atoms with E-state index in [0.717, 1.165) is 12.1 Å². The van der Waals surface area contributed by atoms with E-state index in [1.807, 2.05) is 13.1 Å². The number of allylic oxidation sites excluding steroid dienone is 3. The van der Waals surface area contributed by atoms with Crippen molar-refractivity contribution in [2.45, 2.75) is 13.3 Å². The highest BCUT2D eigenvalue weighted by atomic mass is 14.9. The summed E-state index contributed by atoms with van der Waals surface area (Å²) >= 11 is 0. The van der Waals surface area contributed by atoms with Gasteiger partial charge in [0.1, 0.15) is 0 Å². The van der Waals surface area contributed by atoms with Crippen molar-refractivity contribution in [2.24, 2.45) is 4.99 Å². The van der Waals surface area contributed by atoms with Crippen LogP contribution in [0.2, 0.25) is 0 Å². The molecule has 0 saturated carbocycles. The topological polar surface area (TPSA) is 24.4 Å². The lowest BCUT2D eigenvalue weighted by atomic mass is 10.3. The zero-order valence-electron chi connectivity index (χ0n) is 6.59. The van der Waals surface area contributed by atoms with E-state index >= 15 is 0 Å². The summed E-state index contributed by atoms with van der Waals surface area (Å²) in [5.41, 5.74) is 1.03. The van der Waals surface area contributed by atoms with Crippen molar-refractivity contribution >= 4 is 6.34 Å². The number of nitrogens with one attached hydrogen (secondary N) is 1. The minimum atomic E-state index is 0.935. The van der Waals surface area contributed by atoms with Gasteiger partial charge in [-0.05, 0) is 12.5 Å². The van der Waals surface area contributed by atoms with Crippen LogP contribution in [0.1, 0.15) is 13.3 Å². The predicted molar refractivity (Wildman–Crippen MR) is 46.1 cm³/mol. The van der Waals surface area contributed by atoms with Crippen LogP contribution in [0.25, 0.3) is 0 Å². The van der Waals surface area contributed by atoms with Gasteiger partial charge in [-0.15, -0.1) is 0 Å². The number of hydrogen-bond acceptors (Lipinski definition) is 1. The Morgan fingerprint density at radius 2 is 2.40 bits per heavy atom. The molecular formula is C8H14N2. The Bertz CT molecular complexity index is 145. The molecule has 0 radical (unpaired) electrons. The van der Waals surface area contributed by atoms with E-state index in [1.54, 1.807) is 12.4 Å². The van der Waals surface area contributed by atoms with E-state index in [-0.39, 0.29) is 0 Å². The summed E-state index contributed by atoms with van der Waals surface area (Å²) in [4.78, 5) is 4.10. The molecule has 0 rings (SSSR count). The first-order valence-electron chi connectivity index (χ1n) is 3.36. The monoisotopic (exact) mass is 138 g/mol. The molecule has 2 nitrogen and oxygen atoms in total. The van der Waals surface area contributed by atoms with Gasteiger partial charge in [0.2, 0.25) is 0 Å². The fraction of sp³-hybridized carbons (Fsp3) is 0.375. The molecule has 0 aliphatic heterocycles. The van der Waals surface area contributed by atoms with E-state index in [1.165, 1.54) is 0 Å². The Morgan fingerprint density at radius 1 is 1.70 bits per heavy atom. The van der Waals surface area contributed by atoms with E-state index in [9.17, 15) is 0 Å². The lowest BCUT2D eigenvalue weighted by Gasteiger charge is -1.92. The van der Waals surface area contributed by atoms with Crippen LogP contribution in [-0.4, -0.2) is 13.4 Å². The van der Waals surface area contributed by atoms with Crippen LogP contribution in [0.15, 0.2) is 29.4 Å². The highest BCUT2D eigenvalue weighted by molar-refractivity contribution is 5.55. The molecule has 0 spiro atoms. The molecule has 0 aromatic rings. The summed E-state index contributed by atoms with van der Waals surface area (Å²) in [5, 5.41) is 2.82. The smallest absolute Gasteiger partial charge is 0.0879 e. The molecule has 1 N–H and O–H groups in total. The summed E-state index contributed by atoms with van der Waals surface area (Å²) in [6.45, 7) is 5.64. The van der Waals surface area contributed by atoms with Gasteiger partial charge in [0.15, 0.2) is 0 Å². The summed E-state index contributed by atoms with van der Waals surface area (Å²) in [6.07, 6.45) is 6.24. The first-order chi connectivity index (χ1) is 4.85. The Morgan fingerprint density at radius 3 is 2.80 bits per heavy atom. The van der Waals surface area contributed by atoms with Crippen LogP contribution in [-0.2, 0) is 0 Å². The van der Waals surface area contributed by atoms with Crippen molar-refractivity contribution in [2.75, 3.05) is 7.05 Å². The van der Waals surface area contributed by atoms with Gasteiger partial charge in [-0.2, -0.15) is 0 Å². The summed E-state index contributed by atoms with van der Waals surface area (Å²) < 4.78 is 0. The van der Waals surface area contributed by atoms with Crippen LogP contribution in [0, 0.1) is 0 Å². The van der Waals surface area contributed by atoms with Gasteiger partial charge in [0.25, 0.3) is 0 Å². The molecule has 0 aliphatic rings. The molecule has 56 valence electrons. The van der Waals surface area contributed by atoms with Crippen LogP contribution < -0.4 is 5.32 Å². The van der Waals surface area contributed by atoms with E-state index in [2.05, 4.69) is 23.8 Å². The summed E-state index contributed by atoms with van der Waals surface area (Å²) in [5.74, 6) is 0. The fourth-order valence-corrected chi connectivity index (χ4v) is 0.536. The fourth-order valence-electron chi connectivity index (χ4n) is 0.536. The lowest BCUT2D eigenvalue weighted by Crippen LogP contribution is -2.00. The van der Waals surface area contributed by atoms with E-state index in [4.69, 9.17) is 0 Å². The molecule has 2 heteroatoms. The van der Waals surface area contributed by atoms with Crippen molar-refractivity contribution < 1.29 is 0 Å². The molecular weight excluding hydrogens is 124 g/mol. The summed E-state index contributed by atoms with van der Waals surface area (Å²) in [7, 11) is 1.82. The molecule has 0 heterocycles. The second-order valence-corrected chi connectivity index (χ2v) is 1.79. The van der Waals surface area contributed by atoms with Crippen molar-refractivity contribution in [1.29, 1.82) is 0 Å². The third kappa shape index (κ3) is 3.89. The van der Waals surface area contributed by atoms with Crippen LogP contribution >= 0.6 is 0 Å². The van der Waals surface area contributed by atoms with Crippen molar-refractivity contribution in [3.05, 3.63) is 24.4 Å². The zero-order chi connectivity index (χ0) is 7.82. The quantitative estimate of drug-likeness (QED) is 0.357. The highest BCUT2D eigenvalue weighted by Gasteiger charge is 1.83. The summed E-state index contributed by atoms with van der Waals surface area (Å²) in [6, 6.07) is 0. The number of aliphatic imine (C=N–C) groups is 1. The average molecular weight is 138 g/mol. The third-order valence-corrected chi connectivity index (χ3v) is 1.03. The van der Waals surface area contributed by atoms with Gasteiger partial charge >= 0.3 is 0 Å². The zero-order valence-corrected chi connectivity index (χ0v) is 6.59. The van der Waals surface area contributed by atoms with Gasteiger partial charge in [-0.1, -0.05) is 19.6 Å². The molecule has 0 aromatic carbocycles. The molecule has 10 heavy (non-hydrogen) atoms.